The highest BCUT2D eigenvalue weighted by Crippen LogP contribution is 2.43. The highest BCUT2D eigenvalue weighted by molar-refractivity contribution is 5.40. The van der Waals surface area contributed by atoms with Crippen LogP contribution in [-0.4, -0.2) is 15.7 Å². The summed E-state index contributed by atoms with van der Waals surface area (Å²) in [4.78, 5) is 4.14. The van der Waals surface area contributed by atoms with E-state index in [9.17, 15) is 5.11 Å². The van der Waals surface area contributed by atoms with Crippen molar-refractivity contribution in [2.24, 2.45) is 0 Å². The third kappa shape index (κ3) is 2.93. The smallest absolute Gasteiger partial charge is 0.126 e. The highest BCUT2D eigenvalue weighted by atomic mass is 16.3. The summed E-state index contributed by atoms with van der Waals surface area (Å²) in [5, 5.41) is 11.3. The van der Waals surface area contributed by atoms with E-state index in [-0.39, 0.29) is 5.92 Å². The number of rotatable bonds is 3. The third-order valence-corrected chi connectivity index (χ3v) is 4.63. The van der Waals surface area contributed by atoms with Gasteiger partial charge in [-0.25, -0.2) is 4.98 Å². The topological polar surface area (TPSA) is 59.1 Å². The van der Waals surface area contributed by atoms with Crippen LogP contribution in [0, 0.1) is 0 Å². The molecule has 3 N–H and O–H groups in total. The average Bonchev–Trinajstić information content (AvgIpc) is 2.51. The van der Waals surface area contributed by atoms with Crippen molar-refractivity contribution in [3.05, 3.63) is 59.8 Å². The first-order chi connectivity index (χ1) is 10.2. The molecule has 3 rings (SSSR count). The fraction of sp³-hybridized carbons (Fsp3) is 0.389. The van der Waals surface area contributed by atoms with Gasteiger partial charge in [0.1, 0.15) is 5.82 Å². The Bertz CT molecular complexity index is 599. The third-order valence-electron chi connectivity index (χ3n) is 4.63. The number of nitrogen functional groups attached to an aromatic ring is 1. The van der Waals surface area contributed by atoms with E-state index >= 15 is 0 Å². The summed E-state index contributed by atoms with van der Waals surface area (Å²) in [5.41, 5.74) is 7.40. The second-order valence-corrected chi connectivity index (χ2v) is 6.04. The van der Waals surface area contributed by atoms with Crippen LogP contribution in [0.2, 0.25) is 0 Å². The predicted molar refractivity (Wildman–Crippen MR) is 85.0 cm³/mol. The molecule has 2 unspecified atom stereocenters. The molecule has 1 aliphatic carbocycles. The predicted octanol–water partition coefficient (Wildman–Crippen LogP) is 3.30. The number of pyridine rings is 1. The SMILES string of the molecule is Nc1ncccc1CC1(O)CCCCC1c1ccccc1. The van der Waals surface area contributed by atoms with Crippen molar-refractivity contribution in [3.63, 3.8) is 0 Å². The van der Waals surface area contributed by atoms with E-state index in [4.69, 9.17) is 5.73 Å². The first kappa shape index (κ1) is 14.1. The number of benzene rings is 1. The molecule has 0 amide bonds. The summed E-state index contributed by atoms with van der Waals surface area (Å²) >= 11 is 0. The van der Waals surface area contributed by atoms with Crippen molar-refractivity contribution in [2.75, 3.05) is 5.73 Å². The summed E-state index contributed by atoms with van der Waals surface area (Å²) in [6.07, 6.45) is 6.36. The molecule has 1 aromatic carbocycles. The number of nitrogens with two attached hydrogens (primary N) is 1. The standard InChI is InChI=1S/C18H22N2O/c19-17-15(9-6-12-20-17)13-18(21)11-5-4-10-16(18)14-7-2-1-3-8-14/h1-3,6-9,12,16,21H,4-5,10-11,13H2,(H2,19,20). The molecule has 0 spiro atoms. The van der Waals surface area contributed by atoms with E-state index in [1.54, 1.807) is 6.20 Å². The molecule has 1 aromatic heterocycles. The van der Waals surface area contributed by atoms with E-state index in [0.29, 0.717) is 12.2 Å². The fourth-order valence-corrected chi connectivity index (χ4v) is 3.53. The molecule has 0 saturated heterocycles. The Labute approximate surface area is 125 Å². The molecule has 3 nitrogen and oxygen atoms in total. The van der Waals surface area contributed by atoms with Gasteiger partial charge in [0.05, 0.1) is 5.60 Å². The normalized spacial score (nSPS) is 25.7. The second-order valence-electron chi connectivity index (χ2n) is 6.04. The Morgan fingerprint density at radius 1 is 1.14 bits per heavy atom. The van der Waals surface area contributed by atoms with E-state index in [0.717, 1.165) is 24.8 Å². The van der Waals surface area contributed by atoms with E-state index in [1.807, 2.05) is 30.3 Å². The number of aromatic nitrogens is 1. The molecule has 2 aromatic rings. The van der Waals surface area contributed by atoms with Crippen molar-refractivity contribution < 1.29 is 5.11 Å². The minimum atomic E-state index is -0.725. The van der Waals surface area contributed by atoms with Crippen LogP contribution in [0.4, 0.5) is 5.82 Å². The molecule has 1 aliphatic rings. The first-order valence-corrected chi connectivity index (χ1v) is 7.66. The summed E-state index contributed by atoms with van der Waals surface area (Å²) in [6, 6.07) is 14.2. The van der Waals surface area contributed by atoms with Gasteiger partial charge in [-0.15, -0.1) is 0 Å². The summed E-state index contributed by atoms with van der Waals surface area (Å²) < 4.78 is 0. The van der Waals surface area contributed by atoms with Crippen LogP contribution in [0.25, 0.3) is 0 Å². The molecule has 1 fully saturated rings. The second kappa shape index (κ2) is 5.86. The summed E-state index contributed by atoms with van der Waals surface area (Å²) in [5.74, 6) is 0.704. The molecule has 1 saturated carbocycles. The maximum absolute atomic E-state index is 11.3. The molecule has 2 atom stereocenters. The van der Waals surface area contributed by atoms with Crippen LogP contribution < -0.4 is 5.73 Å². The van der Waals surface area contributed by atoms with Gasteiger partial charge >= 0.3 is 0 Å². The van der Waals surface area contributed by atoms with Crippen LogP contribution in [-0.2, 0) is 6.42 Å². The lowest BCUT2D eigenvalue weighted by molar-refractivity contribution is -0.0166. The number of hydrogen-bond acceptors (Lipinski definition) is 3. The van der Waals surface area contributed by atoms with Crippen molar-refractivity contribution in [2.45, 2.75) is 43.6 Å². The molecule has 21 heavy (non-hydrogen) atoms. The van der Waals surface area contributed by atoms with E-state index in [2.05, 4.69) is 17.1 Å². The quantitative estimate of drug-likeness (QED) is 0.908. The molecule has 0 radical (unpaired) electrons. The van der Waals surface area contributed by atoms with Crippen molar-refractivity contribution in [1.29, 1.82) is 0 Å². The Kier molecular flexibility index (Phi) is 3.93. The van der Waals surface area contributed by atoms with E-state index in [1.165, 1.54) is 12.0 Å². The number of nitrogens with zero attached hydrogens (tertiary/aromatic N) is 1. The van der Waals surface area contributed by atoms with Gasteiger partial charge in [0.25, 0.3) is 0 Å². The fourth-order valence-electron chi connectivity index (χ4n) is 3.53. The molecule has 0 bridgehead atoms. The molecule has 1 heterocycles. The van der Waals surface area contributed by atoms with Crippen molar-refractivity contribution >= 4 is 5.82 Å². The van der Waals surface area contributed by atoms with Gasteiger partial charge in [-0.3, -0.25) is 0 Å². The van der Waals surface area contributed by atoms with Gasteiger partial charge in [-0.2, -0.15) is 0 Å². The Balaban J connectivity index is 1.91. The van der Waals surface area contributed by atoms with Gasteiger partial charge in [-0.1, -0.05) is 49.2 Å². The minimum absolute atomic E-state index is 0.173. The van der Waals surface area contributed by atoms with Crippen LogP contribution >= 0.6 is 0 Å². The summed E-state index contributed by atoms with van der Waals surface area (Å²) in [7, 11) is 0. The molecular weight excluding hydrogens is 260 g/mol. The van der Waals surface area contributed by atoms with Gasteiger partial charge in [0.2, 0.25) is 0 Å². The van der Waals surface area contributed by atoms with Gasteiger partial charge in [0, 0.05) is 18.5 Å². The molecular formula is C18H22N2O. The van der Waals surface area contributed by atoms with Crippen LogP contribution in [0.15, 0.2) is 48.7 Å². The number of hydrogen-bond donors (Lipinski definition) is 2. The van der Waals surface area contributed by atoms with Crippen molar-refractivity contribution in [3.8, 4) is 0 Å². The first-order valence-electron chi connectivity index (χ1n) is 7.66. The molecule has 3 heteroatoms. The van der Waals surface area contributed by atoms with Crippen molar-refractivity contribution in [1.82, 2.24) is 4.98 Å². The Hall–Kier alpha value is -1.87. The lowest BCUT2D eigenvalue weighted by Gasteiger charge is -2.40. The minimum Gasteiger partial charge on any atom is -0.389 e. The lowest BCUT2D eigenvalue weighted by atomic mass is 9.69. The average molecular weight is 282 g/mol. The monoisotopic (exact) mass is 282 g/mol. The zero-order valence-electron chi connectivity index (χ0n) is 12.2. The summed E-state index contributed by atoms with van der Waals surface area (Å²) in [6.45, 7) is 0. The maximum Gasteiger partial charge on any atom is 0.126 e. The zero-order valence-corrected chi connectivity index (χ0v) is 12.2. The lowest BCUT2D eigenvalue weighted by Crippen LogP contribution is -2.41. The van der Waals surface area contributed by atoms with Crippen LogP contribution in [0.5, 0.6) is 0 Å². The zero-order chi connectivity index (χ0) is 14.7. The largest absolute Gasteiger partial charge is 0.389 e. The van der Waals surface area contributed by atoms with E-state index < -0.39 is 5.60 Å². The molecule has 0 aliphatic heterocycles. The Morgan fingerprint density at radius 2 is 1.95 bits per heavy atom. The van der Waals surface area contributed by atoms with Crippen LogP contribution in [0.3, 0.4) is 0 Å². The van der Waals surface area contributed by atoms with Gasteiger partial charge in [-0.05, 0) is 30.0 Å². The van der Waals surface area contributed by atoms with Gasteiger partial charge < -0.3 is 10.8 Å². The maximum atomic E-state index is 11.3. The number of anilines is 1. The molecule has 110 valence electrons. The Morgan fingerprint density at radius 3 is 2.71 bits per heavy atom. The van der Waals surface area contributed by atoms with Crippen LogP contribution in [0.1, 0.15) is 42.7 Å². The number of aliphatic hydroxyl groups is 1. The van der Waals surface area contributed by atoms with Gasteiger partial charge in [0.15, 0.2) is 0 Å². The highest BCUT2D eigenvalue weighted by Gasteiger charge is 2.40.